The molecule has 2 N–H and O–H groups in total. The number of nitrogens with zero attached hydrogens (tertiary/aromatic N) is 3. The SMILES string of the molecule is CCN(CC)CCn1c2c3c4c(cccc41)C(O)NN=C3CC(C)(C)C2. The molecule has 2 heterocycles. The van der Waals surface area contributed by atoms with Crippen LogP contribution in [0.15, 0.2) is 23.3 Å². The van der Waals surface area contributed by atoms with Crippen molar-refractivity contribution in [2.45, 2.75) is 53.3 Å². The Kier molecular flexibility index (Phi) is 4.32. The largest absolute Gasteiger partial charge is 0.368 e. The number of hydrazone groups is 1. The minimum absolute atomic E-state index is 0.171. The van der Waals surface area contributed by atoms with Crippen molar-refractivity contribution in [3.63, 3.8) is 0 Å². The van der Waals surface area contributed by atoms with Crippen LogP contribution in [0.25, 0.3) is 10.9 Å². The molecule has 2 aliphatic rings. The minimum atomic E-state index is -0.748. The second-order valence-corrected chi connectivity index (χ2v) is 8.35. The Balaban J connectivity index is 1.91. The molecule has 1 aliphatic heterocycles. The maximum Gasteiger partial charge on any atom is 0.166 e. The second-order valence-electron chi connectivity index (χ2n) is 8.35. The molecule has 0 saturated heterocycles. The first-order valence-corrected chi connectivity index (χ1v) is 9.82. The fourth-order valence-corrected chi connectivity index (χ4v) is 4.60. The second kappa shape index (κ2) is 6.39. The van der Waals surface area contributed by atoms with Gasteiger partial charge in [0.25, 0.3) is 0 Å². The molecule has 1 atom stereocenters. The first-order chi connectivity index (χ1) is 12.4. The van der Waals surface area contributed by atoms with Crippen LogP contribution in [0, 0.1) is 5.41 Å². The Bertz CT molecular complexity index is 861. The van der Waals surface area contributed by atoms with E-state index in [0.717, 1.165) is 50.3 Å². The first kappa shape index (κ1) is 17.6. The van der Waals surface area contributed by atoms with Crippen LogP contribution in [0.5, 0.6) is 0 Å². The van der Waals surface area contributed by atoms with Crippen LogP contribution in [0.1, 0.15) is 57.2 Å². The molecule has 0 spiro atoms. The molecular formula is C21H30N4O. The zero-order chi connectivity index (χ0) is 18.5. The van der Waals surface area contributed by atoms with Gasteiger partial charge in [0.15, 0.2) is 6.23 Å². The van der Waals surface area contributed by atoms with Crippen molar-refractivity contribution in [1.29, 1.82) is 0 Å². The molecule has 0 bridgehead atoms. The van der Waals surface area contributed by atoms with Crippen molar-refractivity contribution in [3.05, 3.63) is 35.0 Å². The Hall–Kier alpha value is -1.85. The summed E-state index contributed by atoms with van der Waals surface area (Å²) < 4.78 is 2.49. The van der Waals surface area contributed by atoms with E-state index in [2.05, 4.69) is 59.8 Å². The Morgan fingerprint density at radius 1 is 1.27 bits per heavy atom. The number of benzene rings is 1. The van der Waals surface area contributed by atoms with E-state index in [4.69, 9.17) is 0 Å². The van der Waals surface area contributed by atoms with E-state index in [0.29, 0.717) is 0 Å². The van der Waals surface area contributed by atoms with Crippen LogP contribution in [-0.4, -0.2) is 39.9 Å². The molecular weight excluding hydrogens is 324 g/mol. The van der Waals surface area contributed by atoms with Gasteiger partial charge in [0.2, 0.25) is 0 Å². The molecule has 0 radical (unpaired) electrons. The highest BCUT2D eigenvalue weighted by molar-refractivity contribution is 6.14. The van der Waals surface area contributed by atoms with Crippen molar-refractivity contribution >= 4 is 16.6 Å². The first-order valence-electron chi connectivity index (χ1n) is 9.82. The van der Waals surface area contributed by atoms with Gasteiger partial charge in [-0.1, -0.05) is 39.8 Å². The highest BCUT2D eigenvalue weighted by Gasteiger charge is 2.36. The third-order valence-corrected chi connectivity index (χ3v) is 5.96. The predicted molar refractivity (Wildman–Crippen MR) is 106 cm³/mol. The van der Waals surface area contributed by atoms with Gasteiger partial charge in [-0.15, -0.1) is 0 Å². The van der Waals surface area contributed by atoms with E-state index in [1.165, 1.54) is 22.2 Å². The van der Waals surface area contributed by atoms with Crippen molar-refractivity contribution in [3.8, 4) is 0 Å². The third kappa shape index (κ3) is 2.74. The maximum absolute atomic E-state index is 10.6. The van der Waals surface area contributed by atoms with E-state index >= 15 is 0 Å². The molecule has 0 saturated carbocycles. The van der Waals surface area contributed by atoms with Crippen LogP contribution >= 0.6 is 0 Å². The smallest absolute Gasteiger partial charge is 0.166 e. The lowest BCUT2D eigenvalue weighted by atomic mass is 9.75. The minimum Gasteiger partial charge on any atom is -0.368 e. The zero-order valence-corrected chi connectivity index (χ0v) is 16.3. The molecule has 1 aliphatic carbocycles. The summed E-state index contributed by atoms with van der Waals surface area (Å²) in [6.07, 6.45) is 1.23. The van der Waals surface area contributed by atoms with E-state index in [1.54, 1.807) is 0 Å². The Morgan fingerprint density at radius 3 is 2.77 bits per heavy atom. The van der Waals surface area contributed by atoms with Crippen molar-refractivity contribution in [2.24, 2.45) is 10.5 Å². The zero-order valence-electron chi connectivity index (χ0n) is 16.3. The summed E-state index contributed by atoms with van der Waals surface area (Å²) in [5.41, 5.74) is 9.03. The van der Waals surface area contributed by atoms with E-state index < -0.39 is 6.23 Å². The normalized spacial score (nSPS) is 20.8. The Morgan fingerprint density at radius 2 is 2.04 bits per heavy atom. The highest BCUT2D eigenvalue weighted by Crippen LogP contribution is 2.43. The molecule has 26 heavy (non-hydrogen) atoms. The number of nitrogens with one attached hydrogen (secondary N) is 1. The summed E-state index contributed by atoms with van der Waals surface area (Å²) >= 11 is 0. The van der Waals surface area contributed by atoms with E-state index in [9.17, 15) is 5.11 Å². The fraction of sp³-hybridized carbons (Fsp3) is 0.571. The van der Waals surface area contributed by atoms with Crippen LogP contribution in [0.4, 0.5) is 0 Å². The van der Waals surface area contributed by atoms with Crippen molar-refractivity contribution in [1.82, 2.24) is 14.9 Å². The molecule has 140 valence electrons. The van der Waals surface area contributed by atoms with Gasteiger partial charge in [0, 0.05) is 40.8 Å². The van der Waals surface area contributed by atoms with Gasteiger partial charge in [-0.05, 0) is 37.4 Å². The molecule has 1 unspecified atom stereocenters. The van der Waals surface area contributed by atoms with Gasteiger partial charge in [-0.2, -0.15) is 5.10 Å². The molecule has 5 heteroatoms. The van der Waals surface area contributed by atoms with Crippen LogP contribution in [0.2, 0.25) is 0 Å². The summed E-state index contributed by atoms with van der Waals surface area (Å²) in [5, 5.41) is 16.4. The molecule has 2 aromatic rings. The lowest BCUT2D eigenvalue weighted by Crippen LogP contribution is -2.31. The van der Waals surface area contributed by atoms with Gasteiger partial charge < -0.3 is 14.6 Å². The van der Waals surface area contributed by atoms with Crippen molar-refractivity contribution in [2.75, 3.05) is 19.6 Å². The summed E-state index contributed by atoms with van der Waals surface area (Å²) in [5.74, 6) is 0. The van der Waals surface area contributed by atoms with E-state index in [1.807, 2.05) is 6.07 Å². The number of hydrogen-bond donors (Lipinski definition) is 2. The van der Waals surface area contributed by atoms with E-state index in [-0.39, 0.29) is 5.41 Å². The molecule has 0 fully saturated rings. The highest BCUT2D eigenvalue weighted by atomic mass is 16.3. The van der Waals surface area contributed by atoms with Gasteiger partial charge in [-0.25, -0.2) is 0 Å². The molecule has 1 aromatic heterocycles. The average Bonchev–Trinajstić information content (AvgIpc) is 2.84. The fourth-order valence-electron chi connectivity index (χ4n) is 4.60. The Labute approximate surface area is 155 Å². The number of aliphatic hydroxyl groups excluding tert-OH is 1. The number of hydrogen-bond acceptors (Lipinski definition) is 4. The summed E-state index contributed by atoms with van der Waals surface area (Å²) in [4.78, 5) is 2.47. The van der Waals surface area contributed by atoms with Crippen molar-refractivity contribution < 1.29 is 5.11 Å². The number of aliphatic hydroxyl groups is 1. The van der Waals surface area contributed by atoms with Gasteiger partial charge in [-0.3, -0.25) is 5.43 Å². The van der Waals surface area contributed by atoms with Crippen LogP contribution < -0.4 is 5.43 Å². The standard InChI is InChI=1S/C21H30N4O/c1-5-24(6-2)10-11-25-16-9-7-8-14-18(16)19-15(22-23-20(14)26)12-21(3,4)13-17(19)25/h7-9,20,23,26H,5-6,10-13H2,1-4H3. The molecule has 5 nitrogen and oxygen atoms in total. The van der Waals surface area contributed by atoms with Gasteiger partial charge in [0.05, 0.1) is 5.71 Å². The summed E-state index contributed by atoms with van der Waals surface area (Å²) in [7, 11) is 0. The molecule has 4 rings (SSSR count). The summed E-state index contributed by atoms with van der Waals surface area (Å²) in [6, 6.07) is 6.27. The van der Waals surface area contributed by atoms with Crippen LogP contribution in [0.3, 0.4) is 0 Å². The van der Waals surface area contributed by atoms with Gasteiger partial charge in [0.1, 0.15) is 0 Å². The molecule has 1 aromatic carbocycles. The molecule has 0 amide bonds. The van der Waals surface area contributed by atoms with Crippen LogP contribution in [-0.2, 0) is 13.0 Å². The average molecular weight is 354 g/mol. The summed E-state index contributed by atoms with van der Waals surface area (Å²) in [6.45, 7) is 13.2. The quantitative estimate of drug-likeness (QED) is 0.867. The lowest BCUT2D eigenvalue weighted by Gasteiger charge is -2.32. The number of likely N-dealkylation sites (N-methyl/N-ethyl adjacent to an activating group) is 1. The maximum atomic E-state index is 10.6. The predicted octanol–water partition coefficient (Wildman–Crippen LogP) is 3.25. The lowest BCUT2D eigenvalue weighted by molar-refractivity contribution is 0.143. The topological polar surface area (TPSA) is 52.8 Å². The third-order valence-electron chi connectivity index (χ3n) is 5.96. The monoisotopic (exact) mass is 354 g/mol. The van der Waals surface area contributed by atoms with Gasteiger partial charge >= 0.3 is 0 Å². The number of aromatic nitrogens is 1. The number of rotatable bonds is 5.